The summed E-state index contributed by atoms with van der Waals surface area (Å²) in [5, 5.41) is 3.07. The fraction of sp³-hybridized carbons (Fsp3) is 0.533. The van der Waals surface area contributed by atoms with Gasteiger partial charge in [-0.1, -0.05) is 12.8 Å². The molecule has 0 aromatic heterocycles. The van der Waals surface area contributed by atoms with Crippen LogP contribution in [-0.4, -0.2) is 32.3 Å². The molecule has 0 atom stereocenters. The third-order valence-electron chi connectivity index (χ3n) is 3.90. The van der Waals surface area contributed by atoms with E-state index in [2.05, 4.69) is 5.32 Å². The van der Waals surface area contributed by atoms with Crippen molar-refractivity contribution in [2.45, 2.75) is 31.7 Å². The first-order valence-corrected chi connectivity index (χ1v) is 7.18. The highest BCUT2D eigenvalue weighted by molar-refractivity contribution is 5.92. The summed E-state index contributed by atoms with van der Waals surface area (Å²) in [4.78, 5) is 13.8. The van der Waals surface area contributed by atoms with Gasteiger partial charge in [0.1, 0.15) is 13.2 Å². The van der Waals surface area contributed by atoms with E-state index in [1.165, 1.54) is 12.8 Å². The van der Waals surface area contributed by atoms with Gasteiger partial charge in [-0.2, -0.15) is 0 Å². The Morgan fingerprint density at radius 2 is 1.90 bits per heavy atom. The first-order chi connectivity index (χ1) is 9.74. The van der Waals surface area contributed by atoms with Crippen LogP contribution in [-0.2, 0) is 0 Å². The fourth-order valence-electron chi connectivity index (χ4n) is 2.70. The minimum absolute atomic E-state index is 0.0615. The molecule has 1 fully saturated rings. The van der Waals surface area contributed by atoms with E-state index in [0.717, 1.165) is 24.3 Å². The molecule has 0 spiro atoms. The molecule has 5 nitrogen and oxygen atoms in total. The van der Waals surface area contributed by atoms with Crippen molar-refractivity contribution in [3.63, 3.8) is 0 Å². The molecule has 1 aromatic carbocycles. The van der Waals surface area contributed by atoms with Crippen molar-refractivity contribution in [3.8, 4) is 11.5 Å². The molecule has 0 saturated heterocycles. The number of anilines is 1. The number of carbonyl (C=O) groups excluding carboxylic acids is 1. The summed E-state index contributed by atoms with van der Waals surface area (Å²) < 4.78 is 11.0. The van der Waals surface area contributed by atoms with E-state index < -0.39 is 0 Å². The number of nitrogens with zero attached hydrogens (tertiary/aromatic N) is 1. The molecule has 0 unspecified atom stereocenters. The second-order valence-electron chi connectivity index (χ2n) is 5.32. The van der Waals surface area contributed by atoms with Crippen molar-refractivity contribution < 1.29 is 14.3 Å². The minimum Gasteiger partial charge on any atom is -0.486 e. The number of nitrogens with one attached hydrogen (secondary N) is 1. The lowest BCUT2D eigenvalue weighted by Gasteiger charge is -2.23. The van der Waals surface area contributed by atoms with Crippen LogP contribution < -0.4 is 19.7 Å². The molecule has 1 saturated carbocycles. The lowest BCUT2D eigenvalue weighted by Crippen LogP contribution is -2.42. The van der Waals surface area contributed by atoms with E-state index in [0.29, 0.717) is 25.0 Å². The number of hydrogen-bond acceptors (Lipinski definition) is 3. The van der Waals surface area contributed by atoms with Crippen LogP contribution >= 0.6 is 0 Å². The topological polar surface area (TPSA) is 50.8 Å². The van der Waals surface area contributed by atoms with Crippen molar-refractivity contribution in [1.29, 1.82) is 0 Å². The summed E-state index contributed by atoms with van der Waals surface area (Å²) in [7, 11) is 1.77. The van der Waals surface area contributed by atoms with E-state index in [4.69, 9.17) is 9.47 Å². The second kappa shape index (κ2) is 5.61. The lowest BCUT2D eigenvalue weighted by molar-refractivity contribution is 0.171. The Morgan fingerprint density at radius 3 is 2.65 bits per heavy atom. The van der Waals surface area contributed by atoms with Gasteiger partial charge in [-0.3, -0.25) is 4.90 Å². The Hall–Kier alpha value is -1.91. The highest BCUT2D eigenvalue weighted by atomic mass is 16.6. The first-order valence-electron chi connectivity index (χ1n) is 7.18. The highest BCUT2D eigenvalue weighted by Crippen LogP contribution is 2.33. The molecule has 0 bridgehead atoms. The molecule has 2 aliphatic rings. The summed E-state index contributed by atoms with van der Waals surface area (Å²) in [6.45, 7) is 1.12. The van der Waals surface area contributed by atoms with Gasteiger partial charge in [0, 0.05) is 24.8 Å². The molecule has 1 heterocycles. The number of hydrogen-bond donors (Lipinski definition) is 1. The Kier molecular flexibility index (Phi) is 3.67. The lowest BCUT2D eigenvalue weighted by atomic mass is 10.2. The third-order valence-corrected chi connectivity index (χ3v) is 3.90. The van der Waals surface area contributed by atoms with E-state index in [9.17, 15) is 4.79 Å². The first kappa shape index (κ1) is 13.1. The van der Waals surface area contributed by atoms with Gasteiger partial charge in [0.05, 0.1) is 0 Å². The molecule has 20 heavy (non-hydrogen) atoms. The predicted octanol–water partition coefficient (Wildman–Crippen LogP) is 2.55. The van der Waals surface area contributed by atoms with E-state index in [-0.39, 0.29) is 6.03 Å². The molecule has 1 aromatic rings. The van der Waals surface area contributed by atoms with Gasteiger partial charge >= 0.3 is 6.03 Å². The molecule has 2 amide bonds. The Morgan fingerprint density at radius 1 is 1.20 bits per heavy atom. The van der Waals surface area contributed by atoms with Crippen LogP contribution in [0.3, 0.4) is 0 Å². The van der Waals surface area contributed by atoms with Crippen LogP contribution in [0, 0.1) is 0 Å². The number of ether oxygens (including phenoxy) is 2. The summed E-state index contributed by atoms with van der Waals surface area (Å²) in [5.41, 5.74) is 0.810. The predicted molar refractivity (Wildman–Crippen MR) is 76.6 cm³/mol. The molecule has 3 rings (SSSR count). The van der Waals surface area contributed by atoms with Gasteiger partial charge in [-0.05, 0) is 25.0 Å². The maximum atomic E-state index is 12.2. The third kappa shape index (κ3) is 2.66. The zero-order chi connectivity index (χ0) is 13.9. The van der Waals surface area contributed by atoms with Gasteiger partial charge < -0.3 is 14.8 Å². The van der Waals surface area contributed by atoms with Gasteiger partial charge in [0.25, 0.3) is 0 Å². The Bertz CT molecular complexity index is 498. The SMILES string of the molecule is CN(C(=O)NC1CCCC1)c1ccc2c(c1)OCCO2. The van der Waals surface area contributed by atoms with Crippen LogP contribution in [0.5, 0.6) is 11.5 Å². The maximum absolute atomic E-state index is 12.2. The Balaban J connectivity index is 1.69. The fourth-order valence-corrected chi connectivity index (χ4v) is 2.70. The molecule has 1 aliphatic carbocycles. The zero-order valence-corrected chi connectivity index (χ0v) is 11.7. The van der Waals surface area contributed by atoms with E-state index in [1.807, 2.05) is 18.2 Å². The largest absolute Gasteiger partial charge is 0.486 e. The molecular formula is C15H20N2O3. The maximum Gasteiger partial charge on any atom is 0.321 e. The number of urea groups is 1. The molecule has 108 valence electrons. The molecule has 1 aliphatic heterocycles. The quantitative estimate of drug-likeness (QED) is 0.903. The van der Waals surface area contributed by atoms with Crippen LogP contribution in [0.4, 0.5) is 10.5 Å². The number of fused-ring (bicyclic) bond motifs is 1. The minimum atomic E-state index is -0.0615. The van der Waals surface area contributed by atoms with Crippen LogP contribution in [0.15, 0.2) is 18.2 Å². The number of rotatable bonds is 2. The van der Waals surface area contributed by atoms with E-state index >= 15 is 0 Å². The van der Waals surface area contributed by atoms with Crippen LogP contribution in [0.2, 0.25) is 0 Å². The normalized spacial score (nSPS) is 17.9. The van der Waals surface area contributed by atoms with Gasteiger partial charge in [0.2, 0.25) is 0 Å². The highest BCUT2D eigenvalue weighted by Gasteiger charge is 2.21. The summed E-state index contributed by atoms with van der Waals surface area (Å²) in [5.74, 6) is 1.44. The van der Waals surface area contributed by atoms with Crippen LogP contribution in [0.1, 0.15) is 25.7 Å². The zero-order valence-electron chi connectivity index (χ0n) is 11.7. The van der Waals surface area contributed by atoms with Crippen molar-refractivity contribution in [3.05, 3.63) is 18.2 Å². The average Bonchev–Trinajstić information content (AvgIpc) is 2.99. The van der Waals surface area contributed by atoms with Gasteiger partial charge in [-0.15, -0.1) is 0 Å². The molecule has 0 radical (unpaired) electrons. The van der Waals surface area contributed by atoms with Crippen LogP contribution in [0.25, 0.3) is 0 Å². The van der Waals surface area contributed by atoms with Crippen molar-refractivity contribution >= 4 is 11.7 Å². The monoisotopic (exact) mass is 276 g/mol. The molecule has 5 heteroatoms. The molecule has 1 N–H and O–H groups in total. The van der Waals surface area contributed by atoms with Crippen molar-refractivity contribution in [2.24, 2.45) is 0 Å². The van der Waals surface area contributed by atoms with Crippen molar-refractivity contribution in [2.75, 3.05) is 25.2 Å². The molecular weight excluding hydrogens is 256 g/mol. The van der Waals surface area contributed by atoms with Crippen molar-refractivity contribution in [1.82, 2.24) is 5.32 Å². The average molecular weight is 276 g/mol. The van der Waals surface area contributed by atoms with Gasteiger partial charge in [0.15, 0.2) is 11.5 Å². The smallest absolute Gasteiger partial charge is 0.321 e. The Labute approximate surface area is 118 Å². The summed E-state index contributed by atoms with van der Waals surface area (Å²) in [6.07, 6.45) is 4.58. The van der Waals surface area contributed by atoms with E-state index in [1.54, 1.807) is 11.9 Å². The summed E-state index contributed by atoms with van der Waals surface area (Å²) in [6, 6.07) is 5.84. The standard InChI is InChI=1S/C15H20N2O3/c1-17(15(18)16-11-4-2-3-5-11)12-6-7-13-14(10-12)20-9-8-19-13/h6-7,10-11H,2-5,8-9H2,1H3,(H,16,18). The number of benzene rings is 1. The summed E-state index contributed by atoms with van der Waals surface area (Å²) >= 11 is 0. The number of amides is 2. The van der Waals surface area contributed by atoms with Gasteiger partial charge in [-0.25, -0.2) is 4.79 Å². The number of carbonyl (C=O) groups is 1. The second-order valence-corrected chi connectivity index (χ2v) is 5.32.